The van der Waals surface area contributed by atoms with Gasteiger partial charge in [-0.15, -0.1) is 0 Å². The van der Waals surface area contributed by atoms with Crippen LogP contribution in [0, 0.1) is 0 Å². The van der Waals surface area contributed by atoms with E-state index >= 15 is 0 Å². The van der Waals surface area contributed by atoms with Crippen LogP contribution in [0.15, 0.2) is 28.8 Å². The number of aromatic nitrogens is 2. The Morgan fingerprint density at radius 1 is 1.15 bits per heavy atom. The van der Waals surface area contributed by atoms with Gasteiger partial charge in [0.1, 0.15) is 0 Å². The molecule has 2 unspecified atom stereocenters. The Morgan fingerprint density at radius 2 is 2.10 bits per heavy atom. The van der Waals surface area contributed by atoms with Gasteiger partial charge in [0.2, 0.25) is 5.89 Å². The molecule has 0 radical (unpaired) electrons. The monoisotopic (exact) mass is 269 g/mol. The van der Waals surface area contributed by atoms with Crippen LogP contribution in [0.2, 0.25) is 0 Å². The van der Waals surface area contributed by atoms with Crippen LogP contribution in [0.1, 0.15) is 60.5 Å². The van der Waals surface area contributed by atoms with E-state index in [1.807, 2.05) is 0 Å². The fourth-order valence-electron chi connectivity index (χ4n) is 3.26. The maximum Gasteiger partial charge on any atom is 0.243 e. The molecule has 2 atom stereocenters. The van der Waals surface area contributed by atoms with E-state index in [1.165, 1.54) is 30.4 Å². The van der Waals surface area contributed by atoms with Crippen LogP contribution < -0.4 is 5.32 Å². The average molecular weight is 269 g/mol. The Morgan fingerprint density at radius 3 is 3.05 bits per heavy atom. The highest BCUT2D eigenvalue weighted by atomic mass is 16.5. The van der Waals surface area contributed by atoms with Crippen molar-refractivity contribution in [3.05, 3.63) is 47.1 Å². The summed E-state index contributed by atoms with van der Waals surface area (Å²) in [5, 5.41) is 7.73. The van der Waals surface area contributed by atoms with E-state index in [9.17, 15) is 0 Å². The van der Waals surface area contributed by atoms with Crippen molar-refractivity contribution < 1.29 is 4.52 Å². The second-order valence-electron chi connectivity index (χ2n) is 5.80. The molecule has 104 valence electrons. The van der Waals surface area contributed by atoms with Crippen LogP contribution in [-0.2, 0) is 6.42 Å². The predicted octanol–water partition coefficient (Wildman–Crippen LogP) is 2.96. The number of nitrogens with one attached hydrogen (secondary N) is 1. The van der Waals surface area contributed by atoms with Gasteiger partial charge in [-0.3, -0.25) is 0 Å². The van der Waals surface area contributed by atoms with Crippen LogP contribution in [0.4, 0.5) is 0 Å². The molecule has 0 bridgehead atoms. The summed E-state index contributed by atoms with van der Waals surface area (Å²) >= 11 is 0. The van der Waals surface area contributed by atoms with Crippen molar-refractivity contribution in [1.82, 2.24) is 15.5 Å². The third-order valence-corrected chi connectivity index (χ3v) is 4.48. The zero-order valence-corrected chi connectivity index (χ0v) is 11.5. The summed E-state index contributed by atoms with van der Waals surface area (Å²) in [6.07, 6.45) is 5.91. The largest absolute Gasteiger partial charge is 0.338 e. The topological polar surface area (TPSA) is 51.0 Å². The first-order chi connectivity index (χ1) is 9.92. The van der Waals surface area contributed by atoms with Gasteiger partial charge in [0.15, 0.2) is 5.82 Å². The molecule has 1 aliphatic carbocycles. The number of fused-ring (bicyclic) bond motifs is 1. The molecule has 2 aromatic rings. The quantitative estimate of drug-likeness (QED) is 0.910. The number of hydrogen-bond donors (Lipinski definition) is 1. The molecule has 2 heterocycles. The molecule has 4 rings (SSSR count). The molecule has 0 spiro atoms. The van der Waals surface area contributed by atoms with E-state index in [-0.39, 0.29) is 6.04 Å². The van der Waals surface area contributed by atoms with Gasteiger partial charge in [-0.1, -0.05) is 42.3 Å². The molecule has 1 fully saturated rings. The Kier molecular flexibility index (Phi) is 3.03. The summed E-state index contributed by atoms with van der Waals surface area (Å²) in [6, 6.07) is 8.77. The van der Waals surface area contributed by atoms with Crippen molar-refractivity contribution in [2.24, 2.45) is 0 Å². The predicted molar refractivity (Wildman–Crippen MR) is 75.5 cm³/mol. The maximum absolute atomic E-state index is 5.51. The fourth-order valence-corrected chi connectivity index (χ4v) is 3.26. The van der Waals surface area contributed by atoms with E-state index < -0.39 is 0 Å². The lowest BCUT2D eigenvalue weighted by atomic mass is 9.77. The van der Waals surface area contributed by atoms with Crippen LogP contribution in [0.5, 0.6) is 0 Å². The van der Waals surface area contributed by atoms with Crippen LogP contribution >= 0.6 is 0 Å². The lowest BCUT2D eigenvalue weighted by Crippen LogP contribution is -2.21. The smallest absolute Gasteiger partial charge is 0.243 e. The second-order valence-corrected chi connectivity index (χ2v) is 5.80. The summed E-state index contributed by atoms with van der Waals surface area (Å²) in [4.78, 5) is 4.66. The minimum atomic E-state index is 0.245. The average Bonchev–Trinajstić information content (AvgIpc) is 2.75. The first kappa shape index (κ1) is 12.1. The first-order valence-corrected chi connectivity index (χ1v) is 7.56. The van der Waals surface area contributed by atoms with Gasteiger partial charge < -0.3 is 9.84 Å². The third kappa shape index (κ3) is 2.04. The number of benzene rings is 1. The lowest BCUT2D eigenvalue weighted by Gasteiger charge is -2.27. The molecule has 1 aliphatic heterocycles. The second kappa shape index (κ2) is 5.02. The van der Waals surface area contributed by atoms with Crippen LogP contribution in [0.3, 0.4) is 0 Å². The normalized spacial score (nSPS) is 25.6. The van der Waals surface area contributed by atoms with Crippen molar-refractivity contribution in [3.8, 4) is 0 Å². The molecule has 1 N–H and O–H groups in total. The molecule has 2 aliphatic rings. The van der Waals surface area contributed by atoms with E-state index in [2.05, 4.69) is 39.7 Å². The molecular formula is C16H19N3O. The Labute approximate surface area is 118 Å². The zero-order valence-electron chi connectivity index (χ0n) is 11.5. The molecule has 1 saturated heterocycles. The molecule has 20 heavy (non-hydrogen) atoms. The Balaban J connectivity index is 1.54. The van der Waals surface area contributed by atoms with Crippen molar-refractivity contribution >= 4 is 0 Å². The highest BCUT2D eigenvalue weighted by molar-refractivity contribution is 5.43. The number of hydrogen-bond acceptors (Lipinski definition) is 4. The lowest BCUT2D eigenvalue weighted by molar-refractivity contribution is 0.323. The number of nitrogens with zero attached hydrogens (tertiary/aromatic N) is 2. The SMILES string of the molecule is c1ccc2c(c1)CC2c1noc(C2CCCCCN2)n1. The zero-order chi connectivity index (χ0) is 13.4. The van der Waals surface area contributed by atoms with Gasteiger partial charge in [0, 0.05) is 0 Å². The van der Waals surface area contributed by atoms with Gasteiger partial charge in [-0.2, -0.15) is 4.98 Å². The van der Waals surface area contributed by atoms with E-state index in [1.54, 1.807) is 0 Å². The Hall–Kier alpha value is -1.68. The molecule has 4 heteroatoms. The van der Waals surface area contributed by atoms with Crippen LogP contribution in [-0.4, -0.2) is 16.7 Å². The van der Waals surface area contributed by atoms with E-state index in [0.29, 0.717) is 5.92 Å². The van der Waals surface area contributed by atoms with Gasteiger partial charge in [0.05, 0.1) is 12.0 Å². The Bertz CT molecular complexity index is 599. The van der Waals surface area contributed by atoms with Gasteiger partial charge in [-0.05, 0) is 36.9 Å². The summed E-state index contributed by atoms with van der Waals surface area (Å²) < 4.78 is 5.51. The van der Waals surface area contributed by atoms with Crippen molar-refractivity contribution in [2.45, 2.75) is 44.1 Å². The summed E-state index contributed by atoms with van der Waals surface area (Å²) in [5.74, 6) is 1.95. The number of rotatable bonds is 2. The van der Waals surface area contributed by atoms with Gasteiger partial charge in [0.25, 0.3) is 0 Å². The van der Waals surface area contributed by atoms with Gasteiger partial charge in [-0.25, -0.2) is 0 Å². The minimum Gasteiger partial charge on any atom is -0.338 e. The van der Waals surface area contributed by atoms with Crippen molar-refractivity contribution in [2.75, 3.05) is 6.54 Å². The highest BCUT2D eigenvalue weighted by Crippen LogP contribution is 2.38. The molecule has 1 aromatic carbocycles. The molecule has 0 saturated carbocycles. The molecule has 4 nitrogen and oxygen atoms in total. The van der Waals surface area contributed by atoms with Crippen molar-refractivity contribution in [1.29, 1.82) is 0 Å². The molecular weight excluding hydrogens is 250 g/mol. The first-order valence-electron chi connectivity index (χ1n) is 7.56. The maximum atomic E-state index is 5.51. The summed E-state index contributed by atoms with van der Waals surface area (Å²) in [5.41, 5.74) is 2.77. The highest BCUT2D eigenvalue weighted by Gasteiger charge is 2.32. The molecule has 1 aromatic heterocycles. The standard InChI is InChI=1S/C16H19N3O/c1-2-8-14(17-9-5-1)16-18-15(19-20-16)13-10-11-6-3-4-7-12(11)13/h3-4,6-7,13-14,17H,1-2,5,8-10H2. The third-order valence-electron chi connectivity index (χ3n) is 4.48. The minimum absolute atomic E-state index is 0.245. The fraction of sp³-hybridized carbons (Fsp3) is 0.500. The summed E-state index contributed by atoms with van der Waals surface area (Å²) in [7, 11) is 0. The van der Waals surface area contributed by atoms with E-state index in [4.69, 9.17) is 4.52 Å². The van der Waals surface area contributed by atoms with Crippen LogP contribution in [0.25, 0.3) is 0 Å². The van der Waals surface area contributed by atoms with Gasteiger partial charge >= 0.3 is 0 Å². The van der Waals surface area contributed by atoms with E-state index in [0.717, 1.165) is 31.1 Å². The molecule has 0 amide bonds. The summed E-state index contributed by atoms with van der Waals surface area (Å²) in [6.45, 7) is 1.05. The van der Waals surface area contributed by atoms with Crippen molar-refractivity contribution in [3.63, 3.8) is 0 Å².